The number of hydrogen-bond acceptors (Lipinski definition) is 0. The van der Waals surface area contributed by atoms with Crippen LogP contribution in [0, 0.1) is 13.8 Å². The quantitative estimate of drug-likeness (QED) is 0.199. The molecule has 43 heavy (non-hydrogen) atoms. The first-order chi connectivity index (χ1) is 20.9. The van der Waals surface area contributed by atoms with Gasteiger partial charge in [-0.25, -0.2) is 0 Å². The highest BCUT2D eigenvalue weighted by molar-refractivity contribution is 5.97. The molecule has 7 rings (SSSR count). The van der Waals surface area contributed by atoms with Crippen LogP contribution in [0.25, 0.3) is 51.0 Å². The molecule has 212 valence electrons. The molecule has 0 amide bonds. The first-order valence-corrected chi connectivity index (χ1v) is 15.6. The zero-order chi connectivity index (χ0) is 29.7. The van der Waals surface area contributed by atoms with Crippen molar-refractivity contribution in [3.05, 3.63) is 148 Å². The van der Waals surface area contributed by atoms with Gasteiger partial charge in [-0.15, -0.1) is 0 Å². The van der Waals surface area contributed by atoms with Crippen molar-refractivity contribution in [3.8, 4) is 27.9 Å². The normalized spacial score (nSPS) is 14.3. The second-order valence-electron chi connectivity index (χ2n) is 12.5. The lowest BCUT2D eigenvalue weighted by atomic mass is 9.82. The van der Waals surface area contributed by atoms with E-state index in [1.165, 1.54) is 77.2 Å². The Balaban J connectivity index is 1.47. The van der Waals surface area contributed by atoms with Crippen LogP contribution in [0.3, 0.4) is 0 Å². The van der Waals surface area contributed by atoms with Gasteiger partial charge < -0.3 is 4.57 Å². The molecule has 1 aliphatic carbocycles. The van der Waals surface area contributed by atoms with E-state index >= 15 is 0 Å². The lowest BCUT2D eigenvalue weighted by Gasteiger charge is -2.21. The minimum atomic E-state index is 0.00287. The van der Waals surface area contributed by atoms with Crippen LogP contribution in [0.5, 0.6) is 0 Å². The van der Waals surface area contributed by atoms with Gasteiger partial charge in [-0.3, -0.25) is 0 Å². The minimum absolute atomic E-state index is 0.00287. The number of fused-ring (bicyclic) bond motifs is 4. The predicted octanol–water partition coefficient (Wildman–Crippen LogP) is 9.43. The van der Waals surface area contributed by atoms with Crippen molar-refractivity contribution in [3.63, 3.8) is 0 Å². The van der Waals surface area contributed by atoms with E-state index in [9.17, 15) is 0 Å². The summed E-state index contributed by atoms with van der Waals surface area (Å²) in [4.78, 5) is 0. The topological polar surface area (TPSA) is 4.93 Å². The Bertz CT molecular complexity index is 2120. The van der Waals surface area contributed by atoms with Crippen molar-refractivity contribution >= 4 is 23.1 Å². The van der Waals surface area contributed by atoms with E-state index in [4.69, 9.17) is 0 Å². The average molecular weight is 558 g/mol. The van der Waals surface area contributed by atoms with Gasteiger partial charge in [0, 0.05) is 27.1 Å². The van der Waals surface area contributed by atoms with Crippen LogP contribution in [-0.2, 0) is 11.8 Å². The summed E-state index contributed by atoms with van der Waals surface area (Å²) in [5, 5.41) is 3.91. The SMILES string of the molecule is CC/C=c1\c(=C/Cc2ccc3c(c2)C(C)(C)c2ccccc2-3)c2c(-c3ccc(C)c(C)c3)cccc2n1-c1ccccc1. The molecular weight excluding hydrogens is 518 g/mol. The molecule has 0 aliphatic heterocycles. The van der Waals surface area contributed by atoms with Gasteiger partial charge in [0.15, 0.2) is 0 Å². The summed E-state index contributed by atoms with van der Waals surface area (Å²) in [5.74, 6) is 0. The molecule has 1 nitrogen and oxygen atoms in total. The van der Waals surface area contributed by atoms with Crippen LogP contribution in [-0.4, -0.2) is 4.57 Å². The van der Waals surface area contributed by atoms with Gasteiger partial charge in [0.05, 0.1) is 5.52 Å². The molecule has 1 aliphatic rings. The second kappa shape index (κ2) is 10.6. The largest absolute Gasteiger partial charge is 0.310 e. The van der Waals surface area contributed by atoms with Gasteiger partial charge in [-0.05, 0) is 95.0 Å². The smallest absolute Gasteiger partial charge is 0.0547 e. The van der Waals surface area contributed by atoms with Crippen LogP contribution in [0.15, 0.2) is 109 Å². The van der Waals surface area contributed by atoms with E-state index in [1.54, 1.807) is 0 Å². The summed E-state index contributed by atoms with van der Waals surface area (Å²) in [7, 11) is 0. The zero-order valence-electron chi connectivity index (χ0n) is 25.9. The molecule has 6 aromatic rings. The first kappa shape index (κ1) is 27.2. The van der Waals surface area contributed by atoms with Gasteiger partial charge in [0.25, 0.3) is 0 Å². The third-order valence-corrected chi connectivity index (χ3v) is 9.49. The summed E-state index contributed by atoms with van der Waals surface area (Å²) < 4.78 is 2.46. The van der Waals surface area contributed by atoms with E-state index < -0.39 is 0 Å². The monoisotopic (exact) mass is 557 g/mol. The lowest BCUT2D eigenvalue weighted by molar-refractivity contribution is 0.659. The van der Waals surface area contributed by atoms with Gasteiger partial charge in [0.1, 0.15) is 0 Å². The Kier molecular flexibility index (Phi) is 6.70. The second-order valence-corrected chi connectivity index (χ2v) is 12.5. The lowest BCUT2D eigenvalue weighted by Crippen LogP contribution is -2.28. The standard InChI is InChI=1S/C42H39N/c1-6-13-39-36(25-22-30-21-24-35-34-16-10-11-18-37(34)42(4,5)38(35)27-30)41-33(31-23-20-28(2)29(3)26-31)17-12-19-40(41)43(39)32-14-8-7-9-15-32/h7-21,23-27H,6,22H2,1-5H3/b36-25+,39-13+. The first-order valence-electron chi connectivity index (χ1n) is 15.6. The maximum Gasteiger partial charge on any atom is 0.0547 e. The molecule has 1 aromatic heterocycles. The van der Waals surface area contributed by atoms with Gasteiger partial charge in [-0.1, -0.05) is 124 Å². The fourth-order valence-corrected chi connectivity index (χ4v) is 7.09. The molecule has 0 radical (unpaired) electrons. The van der Waals surface area contributed by atoms with Gasteiger partial charge >= 0.3 is 0 Å². The van der Waals surface area contributed by atoms with Crippen molar-refractivity contribution in [1.29, 1.82) is 0 Å². The van der Waals surface area contributed by atoms with Crippen LogP contribution < -0.4 is 10.6 Å². The molecule has 1 heteroatoms. The summed E-state index contributed by atoms with van der Waals surface area (Å²) in [6.45, 7) is 11.4. The number of benzene rings is 5. The Morgan fingerprint density at radius 3 is 2.19 bits per heavy atom. The Hall–Kier alpha value is -4.62. The van der Waals surface area contributed by atoms with E-state index in [2.05, 4.69) is 161 Å². The summed E-state index contributed by atoms with van der Waals surface area (Å²) in [6, 6.07) is 40.5. The summed E-state index contributed by atoms with van der Waals surface area (Å²) in [6.07, 6.45) is 6.71. The maximum atomic E-state index is 2.48. The third-order valence-electron chi connectivity index (χ3n) is 9.49. The van der Waals surface area contributed by atoms with E-state index in [0.29, 0.717) is 0 Å². The number of aromatic nitrogens is 1. The number of aryl methyl sites for hydroxylation is 2. The Morgan fingerprint density at radius 2 is 1.40 bits per heavy atom. The van der Waals surface area contributed by atoms with Gasteiger partial charge in [0.2, 0.25) is 0 Å². The van der Waals surface area contributed by atoms with Crippen molar-refractivity contribution in [2.45, 2.75) is 52.9 Å². The molecule has 0 saturated heterocycles. The molecule has 1 heterocycles. The van der Waals surface area contributed by atoms with E-state index in [-0.39, 0.29) is 5.41 Å². The molecule has 0 saturated carbocycles. The third kappa shape index (κ3) is 4.46. The highest BCUT2D eigenvalue weighted by atomic mass is 15.0. The summed E-state index contributed by atoms with van der Waals surface area (Å²) in [5.41, 5.74) is 14.6. The zero-order valence-corrected chi connectivity index (χ0v) is 25.9. The highest BCUT2D eigenvalue weighted by Crippen LogP contribution is 2.48. The number of nitrogens with zero attached hydrogens (tertiary/aromatic N) is 1. The fourth-order valence-electron chi connectivity index (χ4n) is 7.09. The van der Waals surface area contributed by atoms with Gasteiger partial charge in [-0.2, -0.15) is 0 Å². The minimum Gasteiger partial charge on any atom is -0.310 e. The molecule has 0 N–H and O–H groups in total. The summed E-state index contributed by atoms with van der Waals surface area (Å²) >= 11 is 0. The van der Waals surface area contributed by atoms with E-state index in [0.717, 1.165) is 12.8 Å². The molecule has 0 bridgehead atoms. The molecule has 0 fully saturated rings. The number of para-hydroxylation sites is 1. The Morgan fingerprint density at radius 1 is 0.651 bits per heavy atom. The number of hydrogen-bond donors (Lipinski definition) is 0. The van der Waals surface area contributed by atoms with Crippen molar-refractivity contribution in [2.75, 3.05) is 0 Å². The van der Waals surface area contributed by atoms with Crippen LogP contribution in [0.4, 0.5) is 0 Å². The molecule has 0 spiro atoms. The average Bonchev–Trinajstić information content (AvgIpc) is 3.46. The maximum absolute atomic E-state index is 2.48. The van der Waals surface area contributed by atoms with Crippen LogP contribution in [0.2, 0.25) is 0 Å². The molecule has 0 atom stereocenters. The predicted molar refractivity (Wildman–Crippen MR) is 184 cm³/mol. The molecule has 5 aromatic carbocycles. The highest BCUT2D eigenvalue weighted by Gasteiger charge is 2.35. The molecule has 0 unspecified atom stereocenters. The number of rotatable bonds is 5. The van der Waals surface area contributed by atoms with Crippen molar-refractivity contribution in [1.82, 2.24) is 4.57 Å². The van der Waals surface area contributed by atoms with Crippen molar-refractivity contribution < 1.29 is 0 Å². The van der Waals surface area contributed by atoms with Crippen LogP contribution in [0.1, 0.15) is 55.0 Å². The fraction of sp³-hybridized carbons (Fsp3) is 0.190. The van der Waals surface area contributed by atoms with E-state index in [1.807, 2.05) is 0 Å². The van der Waals surface area contributed by atoms with Crippen LogP contribution >= 0.6 is 0 Å². The Labute approximate surface area is 255 Å². The van der Waals surface area contributed by atoms with Crippen molar-refractivity contribution in [2.24, 2.45) is 0 Å². The molecular formula is C42H39N.